The van der Waals surface area contributed by atoms with Crippen molar-refractivity contribution in [2.24, 2.45) is 0 Å². The first kappa shape index (κ1) is 14.7. The van der Waals surface area contributed by atoms with Crippen molar-refractivity contribution in [1.29, 1.82) is 0 Å². The predicted octanol–water partition coefficient (Wildman–Crippen LogP) is 3.12. The fourth-order valence-corrected chi connectivity index (χ4v) is 1.96. The quantitative estimate of drug-likeness (QED) is 0.869. The monoisotopic (exact) mass is 308 g/mol. The molecule has 0 amide bonds. The van der Waals surface area contributed by atoms with Gasteiger partial charge in [0.2, 0.25) is 0 Å². The zero-order chi connectivity index (χ0) is 15.4. The first-order valence-electron chi connectivity index (χ1n) is 6.78. The highest BCUT2D eigenvalue weighted by molar-refractivity contribution is 5.23. The molecule has 0 spiro atoms. The van der Waals surface area contributed by atoms with Gasteiger partial charge >= 0.3 is 0 Å². The van der Waals surface area contributed by atoms with Gasteiger partial charge in [0.05, 0.1) is 13.2 Å². The van der Waals surface area contributed by atoms with Gasteiger partial charge in [-0.15, -0.1) is 0 Å². The van der Waals surface area contributed by atoms with Crippen molar-refractivity contribution in [1.82, 2.24) is 0 Å². The Balaban J connectivity index is 1.68. The lowest BCUT2D eigenvalue weighted by atomic mass is 10.3. The largest absolute Gasteiger partial charge is 0.458 e. The molecule has 0 aliphatic carbocycles. The van der Waals surface area contributed by atoms with Crippen LogP contribution >= 0.6 is 0 Å². The Morgan fingerprint density at radius 2 is 1.05 bits per heavy atom. The van der Waals surface area contributed by atoms with Crippen LogP contribution in [-0.2, 0) is 9.47 Å². The minimum atomic E-state index is -0.802. The summed E-state index contributed by atoms with van der Waals surface area (Å²) in [5, 5.41) is 0. The van der Waals surface area contributed by atoms with Gasteiger partial charge in [-0.05, 0) is 48.5 Å². The molecule has 2 aromatic carbocycles. The first-order valence-corrected chi connectivity index (χ1v) is 6.78. The van der Waals surface area contributed by atoms with E-state index in [1.807, 2.05) is 0 Å². The third kappa shape index (κ3) is 3.72. The van der Waals surface area contributed by atoms with Crippen molar-refractivity contribution in [3.63, 3.8) is 0 Å². The fraction of sp³-hybridized carbons (Fsp3) is 0.250. The van der Waals surface area contributed by atoms with Crippen LogP contribution in [-0.4, -0.2) is 25.8 Å². The topological polar surface area (TPSA) is 36.9 Å². The van der Waals surface area contributed by atoms with E-state index >= 15 is 0 Å². The lowest BCUT2D eigenvalue weighted by Crippen LogP contribution is -2.45. The van der Waals surface area contributed by atoms with Gasteiger partial charge in [0.1, 0.15) is 23.1 Å². The molecule has 22 heavy (non-hydrogen) atoms. The maximum absolute atomic E-state index is 12.9. The van der Waals surface area contributed by atoms with Crippen LogP contribution in [0.4, 0.5) is 8.78 Å². The van der Waals surface area contributed by atoms with Crippen molar-refractivity contribution < 1.29 is 27.7 Å². The molecule has 2 aromatic rings. The number of ether oxygens (including phenoxy) is 4. The highest BCUT2D eigenvalue weighted by Crippen LogP contribution is 2.21. The summed E-state index contributed by atoms with van der Waals surface area (Å²) in [5.74, 6) is 0.161. The van der Waals surface area contributed by atoms with Gasteiger partial charge < -0.3 is 18.9 Å². The molecule has 0 bridgehead atoms. The minimum Gasteiger partial charge on any atom is -0.458 e. The van der Waals surface area contributed by atoms with Crippen molar-refractivity contribution in [3.8, 4) is 11.5 Å². The van der Waals surface area contributed by atoms with Gasteiger partial charge in [-0.1, -0.05) is 0 Å². The molecule has 1 heterocycles. The van der Waals surface area contributed by atoms with Crippen LogP contribution in [0.5, 0.6) is 11.5 Å². The second-order valence-electron chi connectivity index (χ2n) is 4.62. The smallest absolute Gasteiger partial charge is 0.263 e. The van der Waals surface area contributed by atoms with E-state index in [9.17, 15) is 8.78 Å². The molecule has 2 unspecified atom stereocenters. The first-order chi connectivity index (χ1) is 10.7. The zero-order valence-electron chi connectivity index (χ0n) is 11.6. The van der Waals surface area contributed by atoms with Gasteiger partial charge in [-0.3, -0.25) is 0 Å². The summed E-state index contributed by atoms with van der Waals surface area (Å²) in [7, 11) is 0. The number of halogens is 2. The van der Waals surface area contributed by atoms with Crippen molar-refractivity contribution in [3.05, 3.63) is 60.2 Å². The van der Waals surface area contributed by atoms with E-state index in [1.165, 1.54) is 48.5 Å². The number of benzene rings is 2. The van der Waals surface area contributed by atoms with Crippen LogP contribution in [0.15, 0.2) is 48.5 Å². The molecule has 1 aliphatic heterocycles. The standard InChI is InChI=1S/C16H14F2O4/c17-11-1-5-13(6-2-11)21-15-16(20-10-9-19-15)22-14-7-3-12(18)4-8-14/h1-8,15-16H,9-10H2. The molecule has 1 fully saturated rings. The van der Waals surface area contributed by atoms with E-state index in [2.05, 4.69) is 0 Å². The summed E-state index contributed by atoms with van der Waals surface area (Å²) in [6.45, 7) is 0.713. The number of hydrogen-bond acceptors (Lipinski definition) is 4. The maximum Gasteiger partial charge on any atom is 0.263 e. The van der Waals surface area contributed by atoms with Crippen molar-refractivity contribution in [2.75, 3.05) is 13.2 Å². The normalized spacial score (nSPS) is 21.4. The van der Waals surface area contributed by atoms with Crippen LogP contribution in [0.25, 0.3) is 0 Å². The van der Waals surface area contributed by atoms with E-state index in [4.69, 9.17) is 18.9 Å². The van der Waals surface area contributed by atoms with Crippen LogP contribution in [0, 0.1) is 11.6 Å². The lowest BCUT2D eigenvalue weighted by molar-refractivity contribution is -0.271. The van der Waals surface area contributed by atoms with Gasteiger partial charge in [-0.2, -0.15) is 0 Å². The van der Waals surface area contributed by atoms with Crippen LogP contribution < -0.4 is 9.47 Å². The van der Waals surface area contributed by atoms with Crippen molar-refractivity contribution in [2.45, 2.75) is 12.6 Å². The summed E-state index contributed by atoms with van der Waals surface area (Å²) < 4.78 is 48.0. The van der Waals surface area contributed by atoms with E-state index < -0.39 is 12.6 Å². The average Bonchev–Trinajstić information content (AvgIpc) is 2.54. The minimum absolute atomic E-state index is 0.354. The highest BCUT2D eigenvalue weighted by Gasteiger charge is 2.31. The predicted molar refractivity (Wildman–Crippen MR) is 73.5 cm³/mol. The molecule has 0 N–H and O–H groups in total. The molecular formula is C16H14F2O4. The molecule has 1 aliphatic rings. The summed E-state index contributed by atoms with van der Waals surface area (Å²) in [6, 6.07) is 11.1. The van der Waals surface area contributed by atoms with Gasteiger partial charge in [0.25, 0.3) is 12.6 Å². The molecule has 116 valence electrons. The molecule has 0 aromatic heterocycles. The van der Waals surface area contributed by atoms with Gasteiger partial charge in [-0.25, -0.2) is 8.78 Å². The summed E-state index contributed by atoms with van der Waals surface area (Å²) in [6.07, 6.45) is -1.60. The van der Waals surface area contributed by atoms with E-state index in [1.54, 1.807) is 0 Å². The van der Waals surface area contributed by atoms with Crippen LogP contribution in [0.1, 0.15) is 0 Å². The van der Waals surface area contributed by atoms with Crippen molar-refractivity contribution >= 4 is 0 Å². The Kier molecular flexibility index (Phi) is 4.50. The van der Waals surface area contributed by atoms with E-state index in [0.717, 1.165) is 0 Å². The molecule has 2 atom stereocenters. The maximum atomic E-state index is 12.9. The average molecular weight is 308 g/mol. The van der Waals surface area contributed by atoms with Crippen LogP contribution in [0.3, 0.4) is 0 Å². The summed E-state index contributed by atoms with van der Waals surface area (Å²) in [5.41, 5.74) is 0. The molecule has 1 saturated heterocycles. The molecule has 4 nitrogen and oxygen atoms in total. The highest BCUT2D eigenvalue weighted by atomic mass is 19.1. The Morgan fingerprint density at radius 1 is 0.682 bits per heavy atom. The molecule has 3 rings (SSSR count). The molecule has 0 saturated carbocycles. The van der Waals surface area contributed by atoms with Gasteiger partial charge in [0, 0.05) is 0 Å². The third-order valence-corrected chi connectivity index (χ3v) is 3.00. The molecule has 6 heteroatoms. The Morgan fingerprint density at radius 3 is 1.41 bits per heavy atom. The van der Waals surface area contributed by atoms with E-state index in [0.29, 0.717) is 24.7 Å². The summed E-state index contributed by atoms with van der Waals surface area (Å²) in [4.78, 5) is 0. The summed E-state index contributed by atoms with van der Waals surface area (Å²) >= 11 is 0. The second kappa shape index (κ2) is 6.72. The van der Waals surface area contributed by atoms with Crippen LogP contribution in [0.2, 0.25) is 0 Å². The Bertz CT molecular complexity index is 545. The fourth-order valence-electron chi connectivity index (χ4n) is 1.96. The lowest BCUT2D eigenvalue weighted by Gasteiger charge is -2.31. The number of rotatable bonds is 4. The third-order valence-electron chi connectivity index (χ3n) is 3.00. The second-order valence-corrected chi connectivity index (χ2v) is 4.62. The Hall–Kier alpha value is -2.18. The molecular weight excluding hydrogens is 294 g/mol. The SMILES string of the molecule is Fc1ccc(OC2OCCOC2Oc2ccc(F)cc2)cc1. The van der Waals surface area contributed by atoms with E-state index in [-0.39, 0.29) is 11.6 Å². The Labute approximate surface area is 126 Å². The molecule has 0 radical (unpaired) electrons. The zero-order valence-corrected chi connectivity index (χ0v) is 11.6. The van der Waals surface area contributed by atoms with Gasteiger partial charge in [0.15, 0.2) is 0 Å². The number of hydrogen-bond donors (Lipinski definition) is 0.